The minimum absolute atomic E-state index is 0.189. The van der Waals surface area contributed by atoms with Crippen molar-refractivity contribution in [2.45, 2.75) is 25.0 Å². The Balaban J connectivity index is 1.67. The second-order valence-electron chi connectivity index (χ2n) is 7.88. The predicted octanol–water partition coefficient (Wildman–Crippen LogP) is 5.83. The normalized spacial score (nSPS) is 16.6. The van der Waals surface area contributed by atoms with Gasteiger partial charge in [-0.15, -0.1) is 0 Å². The zero-order valence-corrected chi connectivity index (χ0v) is 19.3. The van der Waals surface area contributed by atoms with Crippen LogP contribution in [0.2, 0.25) is 0 Å². The van der Waals surface area contributed by atoms with Crippen molar-refractivity contribution in [1.29, 1.82) is 10.8 Å². The molecule has 1 fully saturated rings. The van der Waals surface area contributed by atoms with E-state index in [0.29, 0.717) is 27.6 Å². The molecule has 9 heteroatoms. The van der Waals surface area contributed by atoms with Crippen molar-refractivity contribution in [2.75, 3.05) is 4.72 Å². The molecule has 1 aliphatic heterocycles. The van der Waals surface area contributed by atoms with Gasteiger partial charge in [0.05, 0.1) is 12.0 Å². The Bertz CT molecular complexity index is 1240. The van der Waals surface area contributed by atoms with Gasteiger partial charge < -0.3 is 20.8 Å². The van der Waals surface area contributed by atoms with Gasteiger partial charge in [0.25, 0.3) is 0 Å². The average molecular weight is 479 g/mol. The maximum absolute atomic E-state index is 14.6. The lowest BCUT2D eigenvalue weighted by Gasteiger charge is -2.17. The molecule has 5 N–H and O–H groups in total. The van der Waals surface area contributed by atoms with Crippen molar-refractivity contribution >= 4 is 41.6 Å². The Morgan fingerprint density at radius 2 is 2.00 bits per heavy atom. The Hall–Kier alpha value is -3.72. The summed E-state index contributed by atoms with van der Waals surface area (Å²) in [6, 6.07) is 9.08. The molecule has 2 aromatic rings. The summed E-state index contributed by atoms with van der Waals surface area (Å²) in [5.74, 6) is -1.08. The van der Waals surface area contributed by atoms with Gasteiger partial charge >= 0.3 is 0 Å². The number of benzene rings is 2. The van der Waals surface area contributed by atoms with E-state index in [9.17, 15) is 8.78 Å². The lowest BCUT2D eigenvalue weighted by Crippen LogP contribution is -2.18. The maximum Gasteiger partial charge on any atom is 0.133 e. The zero-order chi connectivity index (χ0) is 24.1. The summed E-state index contributed by atoms with van der Waals surface area (Å²) in [4.78, 5) is 3.86. The molecule has 1 heterocycles. The Morgan fingerprint density at radius 3 is 2.65 bits per heavy atom. The Labute approximate surface area is 201 Å². The number of hydrogen-bond acceptors (Lipinski definition) is 5. The summed E-state index contributed by atoms with van der Waals surface area (Å²) in [6.07, 6.45) is 10.4. The molecule has 0 spiro atoms. The summed E-state index contributed by atoms with van der Waals surface area (Å²) in [7, 11) is 0. The highest BCUT2D eigenvalue weighted by molar-refractivity contribution is 8.01. The first kappa shape index (κ1) is 23.4. The molecule has 0 atom stereocenters. The number of nitrogens with one attached hydrogen (secondary N) is 5. The smallest absolute Gasteiger partial charge is 0.133 e. The monoisotopic (exact) mass is 478 g/mol. The van der Waals surface area contributed by atoms with Gasteiger partial charge in [-0.1, -0.05) is 0 Å². The molecule has 0 radical (unpaired) electrons. The van der Waals surface area contributed by atoms with Crippen LogP contribution >= 0.6 is 11.9 Å². The van der Waals surface area contributed by atoms with Crippen molar-refractivity contribution in [3.05, 3.63) is 83.3 Å². The van der Waals surface area contributed by atoms with E-state index < -0.39 is 11.6 Å². The molecule has 1 aliphatic carbocycles. The van der Waals surface area contributed by atoms with Crippen LogP contribution in [0.5, 0.6) is 0 Å². The molecule has 6 nitrogen and oxygen atoms in total. The minimum Gasteiger partial charge on any atom is -0.359 e. The molecule has 174 valence electrons. The largest absolute Gasteiger partial charge is 0.359 e. The highest BCUT2D eigenvalue weighted by Crippen LogP contribution is 2.37. The highest BCUT2D eigenvalue weighted by Gasteiger charge is 2.22. The molecule has 0 aromatic heterocycles. The fraction of sp³-hybridized carbons (Fsp3) is 0.160. The molecule has 0 bridgehead atoms. The lowest BCUT2D eigenvalue weighted by molar-refractivity contribution is 0.585. The van der Waals surface area contributed by atoms with Crippen LogP contribution in [0.1, 0.15) is 25.3 Å². The van der Waals surface area contributed by atoms with Gasteiger partial charge in [-0.05, 0) is 85.3 Å². The average Bonchev–Trinajstić information content (AvgIpc) is 3.63. The van der Waals surface area contributed by atoms with Crippen LogP contribution in [-0.2, 0) is 0 Å². The van der Waals surface area contributed by atoms with Crippen LogP contribution in [-0.4, -0.2) is 23.6 Å². The van der Waals surface area contributed by atoms with Gasteiger partial charge in [-0.25, -0.2) is 13.8 Å². The maximum atomic E-state index is 14.6. The number of nitrogens with zero attached hydrogens (tertiary/aromatic N) is 1. The van der Waals surface area contributed by atoms with Gasteiger partial charge in [-0.2, -0.15) is 0 Å². The standard InChI is InChI=1S/C25H24F2N6S/c1-15(29)31-14-32-19-3-7-25(30-13-19)23(12-28)17-8-16(22-6-2-18(26)11-24(22)27)9-20(10-17)33-34-21-4-5-21/h2-3,6-14,21,28,30,33H,4-5H2,1H3,(H2,29,31,32)/b25-23+,28-12?. The number of hydrogen-bond donors (Lipinski definition) is 5. The van der Waals surface area contributed by atoms with E-state index in [2.05, 4.69) is 20.3 Å². The molecular formula is C25H24F2N6S. The third-order valence-electron chi connectivity index (χ3n) is 5.09. The molecule has 2 aromatic carbocycles. The van der Waals surface area contributed by atoms with Gasteiger partial charge in [0.15, 0.2) is 0 Å². The minimum atomic E-state index is -0.641. The molecule has 2 aliphatic rings. The number of amidine groups is 1. The van der Waals surface area contributed by atoms with Crippen LogP contribution in [0, 0.1) is 22.5 Å². The highest BCUT2D eigenvalue weighted by atomic mass is 32.2. The molecular weight excluding hydrogens is 454 g/mol. The van der Waals surface area contributed by atoms with Crippen LogP contribution in [0.3, 0.4) is 0 Å². The summed E-state index contributed by atoms with van der Waals surface area (Å²) < 4.78 is 31.4. The summed E-state index contributed by atoms with van der Waals surface area (Å²) in [5.41, 5.74) is 4.42. The second kappa shape index (κ2) is 10.5. The summed E-state index contributed by atoms with van der Waals surface area (Å²) >= 11 is 1.63. The molecule has 34 heavy (non-hydrogen) atoms. The van der Waals surface area contributed by atoms with E-state index in [-0.39, 0.29) is 11.4 Å². The lowest BCUT2D eigenvalue weighted by atomic mass is 9.96. The van der Waals surface area contributed by atoms with Gasteiger partial charge in [-0.3, -0.25) is 5.41 Å². The quantitative estimate of drug-likeness (QED) is 0.187. The number of halogens is 2. The van der Waals surface area contributed by atoms with E-state index >= 15 is 0 Å². The summed E-state index contributed by atoms with van der Waals surface area (Å²) in [5, 5.41) is 22.1. The molecule has 4 rings (SSSR count). The van der Waals surface area contributed by atoms with E-state index in [0.717, 1.165) is 30.3 Å². The summed E-state index contributed by atoms with van der Waals surface area (Å²) in [6.45, 7) is 1.58. The molecule has 0 amide bonds. The third-order valence-corrected chi connectivity index (χ3v) is 6.25. The van der Waals surface area contributed by atoms with Crippen LogP contribution in [0.4, 0.5) is 14.5 Å². The van der Waals surface area contributed by atoms with Crippen LogP contribution in [0.15, 0.2) is 71.1 Å². The van der Waals surface area contributed by atoms with E-state index in [4.69, 9.17) is 10.8 Å². The first-order valence-electron chi connectivity index (χ1n) is 10.7. The van der Waals surface area contributed by atoms with Gasteiger partial charge in [0.2, 0.25) is 0 Å². The van der Waals surface area contributed by atoms with E-state index in [1.807, 2.05) is 24.3 Å². The number of anilines is 1. The fourth-order valence-electron chi connectivity index (χ4n) is 3.26. The Morgan fingerprint density at radius 1 is 1.18 bits per heavy atom. The fourth-order valence-corrected chi connectivity index (χ4v) is 4.05. The predicted molar refractivity (Wildman–Crippen MR) is 137 cm³/mol. The topological polar surface area (TPSA) is 96.2 Å². The van der Waals surface area contributed by atoms with Crippen molar-refractivity contribution in [3.63, 3.8) is 0 Å². The van der Waals surface area contributed by atoms with Gasteiger partial charge in [0.1, 0.15) is 17.5 Å². The zero-order valence-electron chi connectivity index (χ0n) is 18.5. The second-order valence-corrected chi connectivity index (χ2v) is 8.99. The number of allylic oxidation sites excluding steroid dienone is 3. The molecule has 1 saturated carbocycles. The third kappa shape index (κ3) is 5.99. The first-order chi connectivity index (χ1) is 16.4. The van der Waals surface area contributed by atoms with Crippen molar-refractivity contribution in [1.82, 2.24) is 10.6 Å². The molecule has 0 saturated heterocycles. The van der Waals surface area contributed by atoms with E-state index in [1.54, 1.807) is 31.1 Å². The van der Waals surface area contributed by atoms with Crippen molar-refractivity contribution in [3.8, 4) is 11.1 Å². The molecule has 0 unspecified atom stereocenters. The SMILES string of the molecule is CC(=N)/N=C\NC1=CN/C(=C(\C=N)c2cc(NSC3CC3)cc(-c3ccc(F)cc3F)c2)C=C1. The number of aliphatic imine (C=N–C) groups is 1. The first-order valence-corrected chi connectivity index (χ1v) is 11.6. The van der Waals surface area contributed by atoms with Crippen LogP contribution < -0.4 is 15.4 Å². The number of rotatable bonds is 8. The van der Waals surface area contributed by atoms with Crippen molar-refractivity contribution in [2.24, 2.45) is 4.99 Å². The Kier molecular flexibility index (Phi) is 7.22. The van der Waals surface area contributed by atoms with E-state index in [1.165, 1.54) is 24.7 Å². The van der Waals surface area contributed by atoms with Gasteiger partial charge in [0, 0.05) is 46.3 Å². The number of dihydropyridines is 1. The van der Waals surface area contributed by atoms with Crippen LogP contribution in [0.25, 0.3) is 16.7 Å². The van der Waals surface area contributed by atoms with Crippen molar-refractivity contribution < 1.29 is 8.78 Å².